The van der Waals surface area contributed by atoms with Crippen LogP contribution in [0.3, 0.4) is 0 Å². The second kappa shape index (κ2) is 4.80. The number of aromatic nitrogens is 4. The van der Waals surface area contributed by atoms with Crippen molar-refractivity contribution in [1.29, 1.82) is 0 Å². The summed E-state index contributed by atoms with van der Waals surface area (Å²) in [6.07, 6.45) is 3.40. The largest absolute Gasteiger partial charge is 0.497 e. The SMILES string of the molecule is COc1cc(OC)c2nc(C)n(-c3ncccn3)c2c1. The maximum Gasteiger partial charge on any atom is 0.235 e. The summed E-state index contributed by atoms with van der Waals surface area (Å²) in [7, 11) is 3.23. The fourth-order valence-electron chi connectivity index (χ4n) is 2.17. The van der Waals surface area contributed by atoms with Crippen molar-refractivity contribution in [3.63, 3.8) is 0 Å². The number of benzene rings is 1. The Morgan fingerprint density at radius 3 is 2.45 bits per heavy atom. The van der Waals surface area contributed by atoms with Gasteiger partial charge < -0.3 is 9.47 Å². The number of hydrogen-bond acceptors (Lipinski definition) is 5. The smallest absolute Gasteiger partial charge is 0.235 e. The van der Waals surface area contributed by atoms with Crippen molar-refractivity contribution in [2.45, 2.75) is 6.92 Å². The highest BCUT2D eigenvalue weighted by atomic mass is 16.5. The van der Waals surface area contributed by atoms with Gasteiger partial charge in [-0.05, 0) is 13.0 Å². The molecule has 0 aliphatic carbocycles. The third-order valence-electron chi connectivity index (χ3n) is 3.07. The predicted octanol–water partition coefficient (Wildman–Crippen LogP) is 2.14. The molecule has 2 aromatic heterocycles. The van der Waals surface area contributed by atoms with Crippen LogP contribution < -0.4 is 9.47 Å². The van der Waals surface area contributed by atoms with Crippen molar-refractivity contribution < 1.29 is 9.47 Å². The fraction of sp³-hybridized carbons (Fsp3) is 0.214. The summed E-state index contributed by atoms with van der Waals surface area (Å²) in [6.45, 7) is 1.91. The van der Waals surface area contributed by atoms with Gasteiger partial charge in [0.25, 0.3) is 0 Å². The Morgan fingerprint density at radius 1 is 1.05 bits per heavy atom. The molecule has 0 atom stereocenters. The van der Waals surface area contributed by atoms with Crippen molar-refractivity contribution in [1.82, 2.24) is 19.5 Å². The van der Waals surface area contributed by atoms with E-state index in [1.54, 1.807) is 32.7 Å². The van der Waals surface area contributed by atoms with E-state index in [-0.39, 0.29) is 0 Å². The highest BCUT2D eigenvalue weighted by Gasteiger charge is 2.16. The zero-order chi connectivity index (χ0) is 14.1. The normalized spacial score (nSPS) is 10.8. The van der Waals surface area contributed by atoms with Gasteiger partial charge in [-0.2, -0.15) is 0 Å². The Morgan fingerprint density at radius 2 is 1.80 bits per heavy atom. The van der Waals surface area contributed by atoms with Crippen LogP contribution in [0.1, 0.15) is 5.82 Å². The van der Waals surface area contributed by atoms with Crippen LogP contribution in [0.4, 0.5) is 0 Å². The van der Waals surface area contributed by atoms with E-state index in [2.05, 4.69) is 15.0 Å². The standard InChI is InChI=1S/C14H14N4O2/c1-9-17-13-11(7-10(19-2)8-12(13)20-3)18(9)14-15-5-4-6-16-14/h4-8H,1-3H3. The third kappa shape index (κ3) is 1.85. The second-order valence-electron chi connectivity index (χ2n) is 4.24. The van der Waals surface area contributed by atoms with Crippen LogP contribution in [0, 0.1) is 6.92 Å². The maximum absolute atomic E-state index is 5.38. The minimum absolute atomic E-state index is 0.572. The first-order valence-electron chi connectivity index (χ1n) is 6.13. The predicted molar refractivity (Wildman–Crippen MR) is 74.5 cm³/mol. The Hall–Kier alpha value is -2.63. The molecule has 0 fully saturated rings. The molecule has 0 amide bonds. The van der Waals surface area contributed by atoms with Gasteiger partial charge in [0.1, 0.15) is 22.8 Å². The molecule has 3 rings (SSSR count). The van der Waals surface area contributed by atoms with Crippen LogP contribution in [0.2, 0.25) is 0 Å². The first kappa shape index (κ1) is 12.4. The second-order valence-corrected chi connectivity index (χ2v) is 4.24. The number of methoxy groups -OCH3 is 2. The molecule has 2 heterocycles. The molecule has 20 heavy (non-hydrogen) atoms. The van der Waals surface area contributed by atoms with E-state index in [0.717, 1.165) is 16.9 Å². The molecule has 0 N–H and O–H groups in total. The molecular formula is C14H14N4O2. The average molecular weight is 270 g/mol. The summed E-state index contributed by atoms with van der Waals surface area (Å²) in [5.74, 6) is 2.73. The molecule has 0 aliphatic heterocycles. The number of hydrogen-bond donors (Lipinski definition) is 0. The number of nitrogens with zero attached hydrogens (tertiary/aromatic N) is 4. The van der Waals surface area contributed by atoms with E-state index in [4.69, 9.17) is 9.47 Å². The summed E-state index contributed by atoms with van der Waals surface area (Å²) < 4.78 is 12.6. The summed E-state index contributed by atoms with van der Waals surface area (Å²) in [6, 6.07) is 5.48. The van der Waals surface area contributed by atoms with E-state index in [9.17, 15) is 0 Å². The lowest BCUT2D eigenvalue weighted by Gasteiger charge is -2.07. The van der Waals surface area contributed by atoms with E-state index in [1.165, 1.54) is 0 Å². The lowest BCUT2D eigenvalue weighted by atomic mass is 10.2. The quantitative estimate of drug-likeness (QED) is 0.729. The molecule has 0 saturated heterocycles. The molecule has 0 aliphatic rings. The lowest BCUT2D eigenvalue weighted by Crippen LogP contribution is -2.02. The van der Waals surface area contributed by atoms with Crippen molar-refractivity contribution in [2.75, 3.05) is 14.2 Å². The third-order valence-corrected chi connectivity index (χ3v) is 3.07. The van der Waals surface area contributed by atoms with Crippen LogP contribution >= 0.6 is 0 Å². The van der Waals surface area contributed by atoms with E-state index >= 15 is 0 Å². The van der Waals surface area contributed by atoms with Crippen LogP contribution in [-0.2, 0) is 0 Å². The molecule has 6 heteroatoms. The molecule has 0 radical (unpaired) electrons. The van der Waals surface area contributed by atoms with Gasteiger partial charge in [0, 0.05) is 24.5 Å². The first-order valence-corrected chi connectivity index (χ1v) is 6.13. The molecule has 6 nitrogen and oxygen atoms in total. The van der Waals surface area contributed by atoms with Gasteiger partial charge in [0.15, 0.2) is 0 Å². The monoisotopic (exact) mass is 270 g/mol. The van der Waals surface area contributed by atoms with Crippen molar-refractivity contribution in [3.05, 3.63) is 36.4 Å². The fourth-order valence-corrected chi connectivity index (χ4v) is 2.17. The average Bonchev–Trinajstić information content (AvgIpc) is 2.82. The van der Waals surface area contributed by atoms with E-state index in [0.29, 0.717) is 17.4 Å². The van der Waals surface area contributed by atoms with Crippen molar-refractivity contribution >= 4 is 11.0 Å². The zero-order valence-electron chi connectivity index (χ0n) is 11.5. The van der Waals surface area contributed by atoms with Crippen molar-refractivity contribution in [3.8, 4) is 17.4 Å². The minimum Gasteiger partial charge on any atom is -0.497 e. The van der Waals surface area contributed by atoms with Gasteiger partial charge in [0.2, 0.25) is 5.95 Å². The van der Waals surface area contributed by atoms with E-state index < -0.39 is 0 Å². The summed E-state index contributed by atoms with van der Waals surface area (Å²) in [5, 5.41) is 0. The van der Waals surface area contributed by atoms with Crippen LogP contribution in [0.15, 0.2) is 30.6 Å². The van der Waals surface area contributed by atoms with Crippen LogP contribution in [-0.4, -0.2) is 33.7 Å². The van der Waals surface area contributed by atoms with Gasteiger partial charge >= 0.3 is 0 Å². The Balaban J connectivity index is 2.35. The Labute approximate surface area is 116 Å². The Kier molecular flexibility index (Phi) is 2.98. The Bertz CT molecular complexity index is 753. The molecule has 102 valence electrons. The number of rotatable bonds is 3. The number of ether oxygens (including phenoxy) is 2. The minimum atomic E-state index is 0.572. The molecule has 1 aromatic carbocycles. The first-order chi connectivity index (χ1) is 9.74. The highest BCUT2D eigenvalue weighted by Crippen LogP contribution is 2.32. The molecule has 0 unspecified atom stereocenters. The lowest BCUT2D eigenvalue weighted by molar-refractivity contribution is 0.397. The van der Waals surface area contributed by atoms with Gasteiger partial charge in [-0.3, -0.25) is 4.57 Å². The molecule has 3 aromatic rings. The number of aryl methyl sites for hydroxylation is 1. The maximum atomic E-state index is 5.38. The molecule has 0 bridgehead atoms. The molecular weight excluding hydrogens is 256 g/mol. The van der Waals surface area contributed by atoms with Gasteiger partial charge in [0.05, 0.1) is 19.7 Å². The number of fused-ring (bicyclic) bond motifs is 1. The molecule has 0 spiro atoms. The van der Waals surface area contributed by atoms with Crippen molar-refractivity contribution in [2.24, 2.45) is 0 Å². The van der Waals surface area contributed by atoms with Gasteiger partial charge in [-0.25, -0.2) is 15.0 Å². The molecule has 0 saturated carbocycles. The van der Waals surface area contributed by atoms with Gasteiger partial charge in [-0.1, -0.05) is 0 Å². The summed E-state index contributed by atoms with van der Waals surface area (Å²) in [4.78, 5) is 13.1. The van der Waals surface area contributed by atoms with Crippen LogP contribution in [0.25, 0.3) is 17.0 Å². The highest BCUT2D eigenvalue weighted by molar-refractivity contribution is 5.85. The zero-order valence-corrected chi connectivity index (χ0v) is 11.5. The summed E-state index contributed by atoms with van der Waals surface area (Å²) in [5.41, 5.74) is 1.61. The van der Waals surface area contributed by atoms with Gasteiger partial charge in [-0.15, -0.1) is 0 Å². The summed E-state index contributed by atoms with van der Waals surface area (Å²) >= 11 is 0. The number of imidazole rings is 1. The van der Waals surface area contributed by atoms with E-state index in [1.807, 2.05) is 23.6 Å². The van der Waals surface area contributed by atoms with Crippen LogP contribution in [0.5, 0.6) is 11.5 Å². The topological polar surface area (TPSA) is 62.1 Å².